The van der Waals surface area contributed by atoms with Crippen molar-refractivity contribution in [1.29, 1.82) is 0 Å². The Kier molecular flexibility index (Phi) is 5.55. The van der Waals surface area contributed by atoms with E-state index in [2.05, 4.69) is 4.90 Å². The molecule has 0 saturated carbocycles. The number of methoxy groups -OCH3 is 1. The second-order valence-corrected chi connectivity index (χ2v) is 7.85. The van der Waals surface area contributed by atoms with Crippen molar-refractivity contribution in [3.63, 3.8) is 0 Å². The van der Waals surface area contributed by atoms with Gasteiger partial charge in [-0.25, -0.2) is 4.79 Å². The summed E-state index contributed by atoms with van der Waals surface area (Å²) in [6.07, 6.45) is 0.562. The van der Waals surface area contributed by atoms with Gasteiger partial charge in [0.1, 0.15) is 0 Å². The quantitative estimate of drug-likeness (QED) is 0.764. The van der Waals surface area contributed by atoms with E-state index >= 15 is 0 Å². The van der Waals surface area contributed by atoms with Gasteiger partial charge >= 0.3 is 11.9 Å². The Labute approximate surface area is 174 Å². The van der Waals surface area contributed by atoms with E-state index in [1.54, 1.807) is 24.3 Å². The van der Waals surface area contributed by atoms with Gasteiger partial charge in [0.15, 0.2) is 0 Å². The average Bonchev–Trinajstić information content (AvgIpc) is 3.14. The number of amides is 1. The van der Waals surface area contributed by atoms with Crippen molar-refractivity contribution in [3.8, 4) is 0 Å². The van der Waals surface area contributed by atoms with E-state index in [-0.39, 0.29) is 42.0 Å². The summed E-state index contributed by atoms with van der Waals surface area (Å²) in [6, 6.07) is 16.0. The van der Waals surface area contributed by atoms with Crippen molar-refractivity contribution < 1.29 is 24.2 Å². The zero-order valence-corrected chi connectivity index (χ0v) is 16.7. The molecule has 0 unspecified atom stereocenters. The second kappa shape index (κ2) is 8.28. The molecular formula is C23H24N2O5. The molecule has 0 radical (unpaired) electrons. The van der Waals surface area contributed by atoms with Crippen LogP contribution >= 0.6 is 0 Å². The van der Waals surface area contributed by atoms with Gasteiger partial charge in [0.05, 0.1) is 31.2 Å². The fourth-order valence-electron chi connectivity index (χ4n) is 4.66. The minimum absolute atomic E-state index is 0.00587. The number of carboxylic acid groups (broad SMARTS) is 1. The normalized spacial score (nSPS) is 23.8. The fraction of sp³-hybridized carbons (Fsp3) is 0.348. The molecule has 2 aliphatic rings. The van der Waals surface area contributed by atoms with Gasteiger partial charge in [-0.3, -0.25) is 14.5 Å². The van der Waals surface area contributed by atoms with Crippen LogP contribution < -0.4 is 0 Å². The zero-order chi connectivity index (χ0) is 21.3. The number of hydrogen-bond acceptors (Lipinski definition) is 5. The number of fused-ring (bicyclic) bond motifs is 1. The number of ether oxygens (including phenoxy) is 1. The van der Waals surface area contributed by atoms with Crippen molar-refractivity contribution in [1.82, 2.24) is 9.80 Å². The molecule has 156 valence electrons. The molecule has 2 aromatic rings. The summed E-state index contributed by atoms with van der Waals surface area (Å²) in [6.45, 7) is 1.46. The lowest BCUT2D eigenvalue weighted by molar-refractivity contribution is -0.147. The number of nitrogens with zero attached hydrogens (tertiary/aromatic N) is 2. The van der Waals surface area contributed by atoms with Crippen LogP contribution in [0.2, 0.25) is 0 Å². The van der Waals surface area contributed by atoms with Crippen LogP contribution in [-0.4, -0.2) is 59.0 Å². The van der Waals surface area contributed by atoms with Crippen molar-refractivity contribution in [2.75, 3.05) is 20.2 Å². The van der Waals surface area contributed by atoms with Gasteiger partial charge in [0.2, 0.25) is 5.91 Å². The van der Waals surface area contributed by atoms with E-state index in [0.29, 0.717) is 19.5 Å². The average molecular weight is 408 g/mol. The van der Waals surface area contributed by atoms with E-state index < -0.39 is 5.97 Å². The minimum Gasteiger partial charge on any atom is -0.478 e. The summed E-state index contributed by atoms with van der Waals surface area (Å²) in [4.78, 5) is 40.5. The molecule has 2 aliphatic heterocycles. The number of carboxylic acids is 1. The van der Waals surface area contributed by atoms with Crippen LogP contribution in [0.25, 0.3) is 0 Å². The van der Waals surface area contributed by atoms with Crippen LogP contribution in [0, 0.1) is 5.92 Å². The predicted molar refractivity (Wildman–Crippen MR) is 109 cm³/mol. The first kappa shape index (κ1) is 20.1. The van der Waals surface area contributed by atoms with Crippen molar-refractivity contribution in [3.05, 3.63) is 71.3 Å². The van der Waals surface area contributed by atoms with Crippen LogP contribution in [0.5, 0.6) is 0 Å². The standard InChI is InChI=1S/C23H24N2O5/c1-30-23(29)19-11-18-13-24(12-15-7-9-17(10-8-15)22(27)28)14-20(26)25(18)21(19)16-5-3-2-4-6-16/h2-10,18-19,21H,11-14H2,1H3,(H,27,28)/t18-,19-,21-/m0/s1. The lowest BCUT2D eigenvalue weighted by Crippen LogP contribution is -2.53. The number of rotatable bonds is 5. The number of hydrogen-bond donors (Lipinski definition) is 1. The smallest absolute Gasteiger partial charge is 0.335 e. The topological polar surface area (TPSA) is 87.1 Å². The van der Waals surface area contributed by atoms with Crippen molar-refractivity contribution in [2.45, 2.75) is 25.0 Å². The summed E-state index contributed by atoms with van der Waals surface area (Å²) in [7, 11) is 1.39. The Morgan fingerprint density at radius 3 is 2.43 bits per heavy atom. The van der Waals surface area contributed by atoms with E-state index in [4.69, 9.17) is 9.84 Å². The number of carbonyl (C=O) groups excluding carboxylic acids is 2. The third kappa shape index (κ3) is 3.80. The summed E-state index contributed by atoms with van der Waals surface area (Å²) in [5.74, 6) is -1.64. The summed E-state index contributed by atoms with van der Waals surface area (Å²) < 4.78 is 5.04. The van der Waals surface area contributed by atoms with Crippen molar-refractivity contribution >= 4 is 17.8 Å². The molecule has 0 bridgehead atoms. The molecule has 1 N–H and O–H groups in total. The van der Waals surface area contributed by atoms with Gasteiger partial charge in [0.25, 0.3) is 0 Å². The van der Waals surface area contributed by atoms with Gasteiger partial charge in [-0.15, -0.1) is 0 Å². The number of carbonyl (C=O) groups is 3. The Morgan fingerprint density at radius 2 is 1.80 bits per heavy atom. The van der Waals surface area contributed by atoms with Gasteiger partial charge in [0, 0.05) is 19.1 Å². The molecule has 2 aromatic carbocycles. The molecule has 2 heterocycles. The zero-order valence-electron chi connectivity index (χ0n) is 16.7. The minimum atomic E-state index is -0.961. The van der Waals surface area contributed by atoms with Crippen LogP contribution in [0.4, 0.5) is 0 Å². The predicted octanol–water partition coefficient (Wildman–Crippen LogP) is 2.33. The SMILES string of the molecule is COC(=O)[C@H]1C[C@H]2CN(Cc3ccc(C(=O)O)cc3)CC(=O)N2[C@H]1c1ccccc1. The molecular weight excluding hydrogens is 384 g/mol. The van der Waals surface area contributed by atoms with E-state index in [0.717, 1.165) is 11.1 Å². The Morgan fingerprint density at radius 1 is 1.10 bits per heavy atom. The second-order valence-electron chi connectivity index (χ2n) is 7.85. The maximum Gasteiger partial charge on any atom is 0.335 e. The van der Waals surface area contributed by atoms with Gasteiger partial charge in [-0.1, -0.05) is 42.5 Å². The number of piperazine rings is 1. The van der Waals surface area contributed by atoms with Crippen LogP contribution in [-0.2, 0) is 20.9 Å². The highest BCUT2D eigenvalue weighted by Gasteiger charge is 2.50. The lowest BCUT2D eigenvalue weighted by atomic mass is 9.93. The first-order valence-corrected chi connectivity index (χ1v) is 9.96. The summed E-state index contributed by atoms with van der Waals surface area (Å²) in [5.41, 5.74) is 2.13. The molecule has 4 rings (SSSR count). The Hall–Kier alpha value is -3.19. The largest absolute Gasteiger partial charge is 0.478 e. The van der Waals surface area contributed by atoms with Crippen LogP contribution in [0.3, 0.4) is 0 Å². The molecule has 2 fully saturated rings. The fourth-order valence-corrected chi connectivity index (χ4v) is 4.66. The highest BCUT2D eigenvalue weighted by Crippen LogP contribution is 2.43. The van der Waals surface area contributed by atoms with Crippen LogP contribution in [0.15, 0.2) is 54.6 Å². The first-order chi connectivity index (χ1) is 14.5. The maximum atomic E-state index is 13.1. The van der Waals surface area contributed by atoms with Gasteiger partial charge in [-0.2, -0.15) is 0 Å². The maximum absolute atomic E-state index is 13.1. The molecule has 30 heavy (non-hydrogen) atoms. The Bertz CT molecular complexity index is 944. The monoisotopic (exact) mass is 408 g/mol. The molecule has 1 amide bonds. The summed E-state index contributed by atoms with van der Waals surface area (Å²) >= 11 is 0. The van der Waals surface area contributed by atoms with Crippen molar-refractivity contribution in [2.24, 2.45) is 5.92 Å². The van der Waals surface area contributed by atoms with E-state index in [9.17, 15) is 14.4 Å². The van der Waals surface area contributed by atoms with Gasteiger partial charge < -0.3 is 14.7 Å². The van der Waals surface area contributed by atoms with E-state index in [1.807, 2.05) is 35.2 Å². The van der Waals surface area contributed by atoms with E-state index in [1.165, 1.54) is 7.11 Å². The molecule has 0 spiro atoms. The molecule has 3 atom stereocenters. The lowest BCUT2D eigenvalue weighted by Gasteiger charge is -2.40. The molecule has 7 nitrogen and oxygen atoms in total. The van der Waals surface area contributed by atoms with Gasteiger partial charge in [-0.05, 0) is 29.7 Å². The summed E-state index contributed by atoms with van der Waals surface area (Å²) in [5, 5.41) is 9.05. The number of benzene rings is 2. The van der Waals surface area contributed by atoms with Crippen LogP contribution in [0.1, 0.15) is 33.9 Å². The highest BCUT2D eigenvalue weighted by atomic mass is 16.5. The highest BCUT2D eigenvalue weighted by molar-refractivity contribution is 5.87. The molecule has 7 heteroatoms. The third-order valence-electron chi connectivity index (χ3n) is 5.97. The number of esters is 1. The Balaban J connectivity index is 1.54. The number of aromatic carboxylic acids is 1. The molecule has 0 aliphatic carbocycles. The first-order valence-electron chi connectivity index (χ1n) is 9.96. The molecule has 0 aromatic heterocycles. The third-order valence-corrected chi connectivity index (χ3v) is 5.97. The molecule has 2 saturated heterocycles.